The van der Waals surface area contributed by atoms with Crippen LogP contribution < -0.4 is 10.9 Å². The third-order valence-corrected chi connectivity index (χ3v) is 7.32. The van der Waals surface area contributed by atoms with Gasteiger partial charge in [-0.15, -0.1) is 0 Å². The maximum atomic E-state index is 13.4. The summed E-state index contributed by atoms with van der Waals surface area (Å²) >= 11 is 0. The lowest BCUT2D eigenvalue weighted by atomic mass is 9.86. The van der Waals surface area contributed by atoms with Crippen LogP contribution in [0.2, 0.25) is 0 Å². The maximum absolute atomic E-state index is 13.4. The lowest BCUT2D eigenvalue weighted by molar-refractivity contribution is -0.127. The van der Waals surface area contributed by atoms with Crippen LogP contribution in [-0.2, 0) is 17.9 Å². The van der Waals surface area contributed by atoms with E-state index in [0.717, 1.165) is 5.69 Å². The smallest absolute Gasteiger partial charge is 0.258 e. The number of amides is 1. The largest absolute Gasteiger partial charge is 0.396 e. The Morgan fingerprint density at radius 1 is 1.19 bits per heavy atom. The molecule has 168 valence electrons. The molecule has 1 saturated carbocycles. The number of carbonyl (C=O) groups is 1. The van der Waals surface area contributed by atoms with Crippen molar-refractivity contribution in [3.63, 3.8) is 0 Å². The number of nitrogens with zero attached hydrogens (tertiary/aromatic N) is 2. The second-order valence-corrected chi connectivity index (χ2v) is 9.36. The van der Waals surface area contributed by atoms with Gasteiger partial charge in [0.25, 0.3) is 5.56 Å². The zero-order chi connectivity index (χ0) is 22.2. The average molecular weight is 434 g/mol. The Kier molecular flexibility index (Phi) is 5.74. The second-order valence-electron chi connectivity index (χ2n) is 9.36. The van der Waals surface area contributed by atoms with E-state index in [2.05, 4.69) is 22.3 Å². The fourth-order valence-electron chi connectivity index (χ4n) is 5.54. The summed E-state index contributed by atoms with van der Waals surface area (Å²) in [6.07, 6.45) is 6.05. The first-order valence-corrected chi connectivity index (χ1v) is 11.7. The molecule has 2 aromatic rings. The van der Waals surface area contributed by atoms with Gasteiger partial charge in [-0.25, -0.2) is 0 Å². The predicted molar refractivity (Wildman–Crippen MR) is 124 cm³/mol. The van der Waals surface area contributed by atoms with Crippen LogP contribution in [0.1, 0.15) is 42.6 Å². The van der Waals surface area contributed by atoms with Gasteiger partial charge in [-0.3, -0.25) is 14.5 Å². The predicted octanol–water partition coefficient (Wildman–Crippen LogP) is 2.57. The summed E-state index contributed by atoms with van der Waals surface area (Å²) in [5.41, 5.74) is 2.67. The highest BCUT2D eigenvalue weighted by atomic mass is 16.3. The first-order chi connectivity index (χ1) is 15.6. The van der Waals surface area contributed by atoms with E-state index in [4.69, 9.17) is 0 Å². The van der Waals surface area contributed by atoms with E-state index >= 15 is 0 Å². The summed E-state index contributed by atoms with van der Waals surface area (Å²) in [6, 6.07) is 13.8. The van der Waals surface area contributed by atoms with Crippen molar-refractivity contribution in [2.45, 2.75) is 44.9 Å². The number of benzene rings is 1. The zero-order valence-electron chi connectivity index (χ0n) is 18.5. The highest BCUT2D eigenvalue weighted by Gasteiger charge is 2.55. The van der Waals surface area contributed by atoms with E-state index < -0.39 is 0 Å². The third kappa shape index (κ3) is 3.71. The molecule has 1 aromatic carbocycles. The Balaban J connectivity index is 1.56. The normalized spacial score (nSPS) is 26.9. The molecule has 0 spiro atoms. The lowest BCUT2D eigenvalue weighted by Gasteiger charge is -2.38. The molecule has 1 aromatic heterocycles. The molecule has 1 amide bonds. The number of pyridine rings is 1. The molecule has 5 rings (SSSR count). The summed E-state index contributed by atoms with van der Waals surface area (Å²) in [7, 11) is 0. The fraction of sp³-hybridized carbons (Fsp3) is 0.462. The number of hydrogen-bond acceptors (Lipinski definition) is 4. The molecule has 1 aliphatic carbocycles. The summed E-state index contributed by atoms with van der Waals surface area (Å²) < 4.78 is 1.84. The minimum absolute atomic E-state index is 0.0000544. The van der Waals surface area contributed by atoms with Gasteiger partial charge in [-0.1, -0.05) is 42.5 Å². The third-order valence-electron chi connectivity index (χ3n) is 7.32. The van der Waals surface area contributed by atoms with Crippen molar-refractivity contribution >= 4 is 12.0 Å². The van der Waals surface area contributed by atoms with Crippen LogP contribution in [0.25, 0.3) is 6.08 Å². The SMILES string of the molecule is C/C=C/c1ccc2n(c1=O)C[C@H]1[C@H](CO)[C@@H](C(=O)NCC3CC3)[C@@H]2N1Cc1ccccc1. The Labute approximate surface area is 188 Å². The van der Waals surface area contributed by atoms with Crippen molar-refractivity contribution in [1.29, 1.82) is 0 Å². The standard InChI is InChI=1S/C26H31N3O3/c1-2-6-19-11-12-21-24-23(25(31)27-13-17-9-10-17)20(16-30)22(15-29(21)26(19)32)28(24)14-18-7-4-3-5-8-18/h2-8,11-12,17,20,22-24,30H,9-10,13-16H2,1H3,(H,27,31)/b6-2+/t20-,22-,23+,24+/m0/s1. The number of rotatable bonds is 7. The molecule has 2 N–H and O–H groups in total. The molecular weight excluding hydrogens is 402 g/mol. The number of hydrogen-bond donors (Lipinski definition) is 2. The molecule has 4 atom stereocenters. The highest BCUT2D eigenvalue weighted by molar-refractivity contribution is 5.80. The molecule has 0 unspecified atom stereocenters. The van der Waals surface area contributed by atoms with Crippen molar-refractivity contribution in [2.75, 3.05) is 13.2 Å². The molecule has 1 saturated heterocycles. The number of aromatic nitrogens is 1. The van der Waals surface area contributed by atoms with Crippen LogP contribution in [0, 0.1) is 17.8 Å². The summed E-state index contributed by atoms with van der Waals surface area (Å²) in [4.78, 5) is 29.0. The van der Waals surface area contributed by atoms with Crippen molar-refractivity contribution in [3.8, 4) is 0 Å². The number of nitrogens with one attached hydrogen (secondary N) is 1. The molecule has 6 nitrogen and oxygen atoms in total. The number of aliphatic hydroxyl groups excluding tert-OH is 1. The average Bonchev–Trinajstić information content (AvgIpc) is 3.60. The highest BCUT2D eigenvalue weighted by Crippen LogP contribution is 2.49. The Bertz CT molecular complexity index is 1070. The van der Waals surface area contributed by atoms with E-state index in [-0.39, 0.29) is 42.0 Å². The monoisotopic (exact) mass is 433 g/mol. The lowest BCUT2D eigenvalue weighted by Crippen LogP contribution is -2.46. The Hall–Kier alpha value is -2.70. The van der Waals surface area contributed by atoms with Gasteiger partial charge in [0, 0.05) is 49.5 Å². The van der Waals surface area contributed by atoms with E-state index in [1.165, 1.54) is 18.4 Å². The van der Waals surface area contributed by atoms with Gasteiger partial charge in [0.05, 0.1) is 12.0 Å². The quantitative estimate of drug-likeness (QED) is 0.704. The van der Waals surface area contributed by atoms with Gasteiger partial charge in [0.2, 0.25) is 5.91 Å². The minimum atomic E-state index is -0.381. The molecule has 0 radical (unpaired) electrons. The van der Waals surface area contributed by atoms with Crippen LogP contribution >= 0.6 is 0 Å². The molecule has 2 bridgehead atoms. The molecule has 3 heterocycles. The fourth-order valence-corrected chi connectivity index (χ4v) is 5.54. The molecule has 3 aliphatic rings. The van der Waals surface area contributed by atoms with Crippen LogP contribution in [0.3, 0.4) is 0 Å². The van der Waals surface area contributed by atoms with E-state index in [9.17, 15) is 14.7 Å². The number of allylic oxidation sites excluding steroid dienone is 1. The molecule has 6 heteroatoms. The Morgan fingerprint density at radius 2 is 1.97 bits per heavy atom. The molecule has 32 heavy (non-hydrogen) atoms. The van der Waals surface area contributed by atoms with Crippen LogP contribution in [0.5, 0.6) is 0 Å². The van der Waals surface area contributed by atoms with Crippen LogP contribution in [0.15, 0.2) is 53.3 Å². The van der Waals surface area contributed by atoms with Crippen molar-refractivity contribution in [2.24, 2.45) is 17.8 Å². The van der Waals surface area contributed by atoms with Crippen molar-refractivity contribution in [1.82, 2.24) is 14.8 Å². The van der Waals surface area contributed by atoms with Crippen molar-refractivity contribution in [3.05, 3.63) is 75.7 Å². The minimum Gasteiger partial charge on any atom is -0.396 e. The maximum Gasteiger partial charge on any atom is 0.258 e. The van der Waals surface area contributed by atoms with Gasteiger partial charge in [0.15, 0.2) is 0 Å². The summed E-state index contributed by atoms with van der Waals surface area (Å²) in [6.45, 7) is 3.70. The van der Waals surface area contributed by atoms with Gasteiger partial charge in [0.1, 0.15) is 0 Å². The number of carbonyl (C=O) groups excluding carboxylic acids is 1. The Morgan fingerprint density at radius 3 is 2.66 bits per heavy atom. The van der Waals surface area contributed by atoms with Gasteiger partial charge in [-0.2, -0.15) is 0 Å². The van der Waals surface area contributed by atoms with Crippen LogP contribution in [-0.4, -0.2) is 39.7 Å². The first kappa shape index (κ1) is 21.2. The van der Waals surface area contributed by atoms with E-state index in [0.29, 0.717) is 31.1 Å². The van der Waals surface area contributed by atoms with Gasteiger partial charge >= 0.3 is 0 Å². The van der Waals surface area contributed by atoms with Gasteiger partial charge in [-0.05, 0) is 43.4 Å². The summed E-state index contributed by atoms with van der Waals surface area (Å²) in [5, 5.41) is 13.5. The van der Waals surface area contributed by atoms with Crippen molar-refractivity contribution < 1.29 is 9.90 Å². The first-order valence-electron chi connectivity index (χ1n) is 11.7. The van der Waals surface area contributed by atoms with Crippen LogP contribution in [0.4, 0.5) is 0 Å². The molecular formula is C26H31N3O3. The molecule has 2 fully saturated rings. The number of aliphatic hydroxyl groups is 1. The molecule has 2 aliphatic heterocycles. The van der Waals surface area contributed by atoms with E-state index in [1.807, 2.05) is 54.0 Å². The zero-order valence-corrected chi connectivity index (χ0v) is 18.5. The van der Waals surface area contributed by atoms with E-state index in [1.54, 1.807) is 0 Å². The second kappa shape index (κ2) is 8.68. The number of fused-ring (bicyclic) bond motifs is 4. The summed E-state index contributed by atoms with van der Waals surface area (Å²) in [5.74, 6) is -0.00785. The van der Waals surface area contributed by atoms with Gasteiger partial charge < -0.3 is 15.0 Å². The topological polar surface area (TPSA) is 74.6 Å².